The average molecular weight is 647 g/mol. The lowest BCUT2D eigenvalue weighted by Gasteiger charge is -2.19. The van der Waals surface area contributed by atoms with Crippen LogP contribution < -0.4 is 5.73 Å². The first kappa shape index (κ1) is 46.3. The molecule has 2 unspecified atom stereocenters. The summed E-state index contributed by atoms with van der Waals surface area (Å²) in [6.07, 6.45) is 44.6. The Hall–Kier alpha value is 0.170. The maximum atomic E-state index is 6.43. The molecule has 268 valence electrons. The fourth-order valence-corrected chi connectivity index (χ4v) is 6.14. The van der Waals surface area contributed by atoms with Crippen molar-refractivity contribution in [3.8, 4) is 0 Å². The molecule has 0 heterocycles. The number of unbranched alkanes of at least 4 members (excludes halogenated alkanes) is 30. The number of halogens is 1. The molecule has 0 saturated carbocycles. The lowest BCUT2D eigenvalue weighted by molar-refractivity contribution is -0.0293. The molecule has 0 aliphatic heterocycles. The van der Waals surface area contributed by atoms with Crippen LogP contribution in [0.4, 0.5) is 0 Å². The van der Waals surface area contributed by atoms with Crippen molar-refractivity contribution >= 4 is 11.6 Å². The van der Waals surface area contributed by atoms with Crippen LogP contribution >= 0.6 is 11.6 Å². The van der Waals surface area contributed by atoms with E-state index < -0.39 is 0 Å². The van der Waals surface area contributed by atoms with Gasteiger partial charge in [0.25, 0.3) is 0 Å². The van der Waals surface area contributed by atoms with Gasteiger partial charge >= 0.3 is 0 Å². The van der Waals surface area contributed by atoms with E-state index in [4.69, 9.17) is 21.1 Å². The Bertz CT molecular complexity index is 436. The van der Waals surface area contributed by atoms with Crippen molar-refractivity contribution < 1.29 is 9.47 Å². The fourth-order valence-electron chi connectivity index (χ4n) is 5.98. The van der Waals surface area contributed by atoms with Gasteiger partial charge in [-0.15, -0.1) is 0 Å². The quantitative estimate of drug-likeness (QED) is 0.0540. The minimum atomic E-state index is -0.317. The SMILES string of the molecule is CCCCCCCCCCCCCCCCCCOC(C)C(Cl)OCCCCCCCCCCCCCCCCCC.CN. The molecule has 44 heavy (non-hydrogen) atoms. The van der Waals surface area contributed by atoms with Gasteiger partial charge in [0.2, 0.25) is 0 Å². The van der Waals surface area contributed by atoms with Crippen molar-refractivity contribution in [2.45, 2.75) is 238 Å². The first-order valence-electron chi connectivity index (χ1n) is 20.2. The molecule has 0 aromatic heterocycles. The van der Waals surface area contributed by atoms with Crippen LogP contribution in [-0.2, 0) is 9.47 Å². The van der Waals surface area contributed by atoms with Crippen LogP contribution in [0.15, 0.2) is 0 Å². The second kappa shape index (κ2) is 43.2. The number of hydrogen-bond donors (Lipinski definition) is 1. The Kier molecular flexibility index (Phi) is 45.4. The van der Waals surface area contributed by atoms with E-state index in [1.165, 1.54) is 200 Å². The van der Waals surface area contributed by atoms with Crippen LogP contribution in [0.3, 0.4) is 0 Å². The summed E-state index contributed by atoms with van der Waals surface area (Å²) in [6.45, 7) is 8.22. The lowest BCUT2D eigenvalue weighted by Crippen LogP contribution is -2.25. The van der Waals surface area contributed by atoms with Gasteiger partial charge in [0, 0.05) is 13.2 Å². The van der Waals surface area contributed by atoms with E-state index in [0.29, 0.717) is 0 Å². The van der Waals surface area contributed by atoms with Gasteiger partial charge in [0.15, 0.2) is 5.56 Å². The third-order valence-electron chi connectivity index (χ3n) is 9.02. The maximum absolute atomic E-state index is 6.43. The molecule has 0 aliphatic rings. The van der Waals surface area contributed by atoms with Gasteiger partial charge in [-0.3, -0.25) is 0 Å². The van der Waals surface area contributed by atoms with Gasteiger partial charge in [-0.25, -0.2) is 0 Å². The molecule has 0 saturated heterocycles. The molecule has 0 amide bonds. The van der Waals surface area contributed by atoms with Gasteiger partial charge < -0.3 is 15.2 Å². The molecular formula is C40H84ClNO2. The van der Waals surface area contributed by atoms with Crippen molar-refractivity contribution in [2.75, 3.05) is 20.3 Å². The molecule has 0 rings (SSSR count). The zero-order chi connectivity index (χ0) is 32.6. The number of alkyl halides is 1. The van der Waals surface area contributed by atoms with Crippen LogP contribution in [0.25, 0.3) is 0 Å². The Morgan fingerprint density at radius 2 is 0.568 bits per heavy atom. The lowest BCUT2D eigenvalue weighted by atomic mass is 10.0. The average Bonchev–Trinajstić information content (AvgIpc) is 3.04. The second-order valence-corrected chi connectivity index (χ2v) is 13.8. The summed E-state index contributed by atoms with van der Waals surface area (Å²) in [5, 5.41) is 0. The summed E-state index contributed by atoms with van der Waals surface area (Å²) in [5.41, 5.74) is 4.18. The fraction of sp³-hybridized carbons (Fsp3) is 1.00. The molecule has 0 fully saturated rings. The van der Waals surface area contributed by atoms with E-state index in [1.54, 1.807) is 0 Å². The molecular weight excluding hydrogens is 562 g/mol. The summed E-state index contributed by atoms with van der Waals surface area (Å²) in [7, 11) is 1.50. The van der Waals surface area contributed by atoms with E-state index in [1.807, 2.05) is 0 Å². The highest BCUT2D eigenvalue weighted by Crippen LogP contribution is 2.16. The Morgan fingerprint density at radius 1 is 0.364 bits per heavy atom. The minimum absolute atomic E-state index is 0.0240. The topological polar surface area (TPSA) is 44.5 Å². The molecule has 0 aromatic rings. The molecule has 0 aliphatic carbocycles. The predicted octanol–water partition coefficient (Wildman–Crippen LogP) is 14.1. The zero-order valence-electron chi connectivity index (χ0n) is 31.0. The molecule has 2 atom stereocenters. The number of rotatable bonds is 37. The first-order valence-corrected chi connectivity index (χ1v) is 20.6. The summed E-state index contributed by atoms with van der Waals surface area (Å²) in [5.74, 6) is 0. The van der Waals surface area contributed by atoms with Gasteiger partial charge in [0.05, 0.1) is 6.10 Å². The molecule has 3 nitrogen and oxygen atoms in total. The second-order valence-electron chi connectivity index (χ2n) is 13.4. The third kappa shape index (κ3) is 40.2. The van der Waals surface area contributed by atoms with Crippen molar-refractivity contribution in [1.29, 1.82) is 0 Å². The largest absolute Gasteiger partial charge is 0.374 e. The van der Waals surface area contributed by atoms with Crippen molar-refractivity contribution in [2.24, 2.45) is 5.73 Å². The third-order valence-corrected chi connectivity index (χ3v) is 9.50. The number of nitrogens with two attached hydrogens (primary N) is 1. The van der Waals surface area contributed by atoms with E-state index in [2.05, 4.69) is 26.5 Å². The zero-order valence-corrected chi connectivity index (χ0v) is 31.7. The molecule has 4 heteroatoms. The van der Waals surface area contributed by atoms with Crippen molar-refractivity contribution in [3.63, 3.8) is 0 Å². The summed E-state index contributed by atoms with van der Waals surface area (Å²) in [4.78, 5) is 0. The molecule has 0 radical (unpaired) electrons. The van der Waals surface area contributed by atoms with E-state index in [0.717, 1.165) is 26.1 Å². The van der Waals surface area contributed by atoms with Crippen LogP contribution in [-0.4, -0.2) is 31.9 Å². The van der Waals surface area contributed by atoms with Gasteiger partial charge in [-0.2, -0.15) is 0 Å². The highest BCUT2D eigenvalue weighted by atomic mass is 35.5. The minimum Gasteiger partial charge on any atom is -0.374 e. The summed E-state index contributed by atoms with van der Waals surface area (Å²) < 4.78 is 11.8. The molecule has 0 aromatic carbocycles. The highest BCUT2D eigenvalue weighted by molar-refractivity contribution is 6.20. The van der Waals surface area contributed by atoms with Gasteiger partial charge in [-0.1, -0.05) is 218 Å². The van der Waals surface area contributed by atoms with Crippen molar-refractivity contribution in [1.82, 2.24) is 0 Å². The van der Waals surface area contributed by atoms with Gasteiger partial charge in [-0.05, 0) is 26.8 Å². The standard InChI is InChI=1S/C39H79ClO2.CH5N/c1-4-6-8-10-12-14-16-18-20-22-24-26-28-30-32-34-36-41-38(3)39(40)42-37-35-33-31-29-27-25-23-21-19-17-15-13-11-9-7-5-2;1-2/h38-39H,4-37H2,1-3H3;2H2,1H3. The number of ether oxygens (including phenoxy) is 2. The van der Waals surface area contributed by atoms with Crippen molar-refractivity contribution in [3.05, 3.63) is 0 Å². The maximum Gasteiger partial charge on any atom is 0.156 e. The number of hydrogen-bond acceptors (Lipinski definition) is 3. The summed E-state index contributed by atoms with van der Waals surface area (Å²) >= 11 is 6.43. The van der Waals surface area contributed by atoms with Crippen LogP contribution in [0.1, 0.15) is 226 Å². The normalized spacial score (nSPS) is 12.7. The van der Waals surface area contributed by atoms with Crippen LogP contribution in [0.5, 0.6) is 0 Å². The Labute approximate surface area is 284 Å². The Morgan fingerprint density at radius 3 is 0.818 bits per heavy atom. The first-order chi connectivity index (χ1) is 21.7. The molecule has 0 spiro atoms. The summed E-state index contributed by atoms with van der Waals surface area (Å²) in [6, 6.07) is 0. The van der Waals surface area contributed by atoms with Gasteiger partial charge in [0.1, 0.15) is 0 Å². The smallest absolute Gasteiger partial charge is 0.156 e. The molecule has 0 bridgehead atoms. The van der Waals surface area contributed by atoms with E-state index >= 15 is 0 Å². The highest BCUT2D eigenvalue weighted by Gasteiger charge is 2.15. The van der Waals surface area contributed by atoms with E-state index in [9.17, 15) is 0 Å². The Balaban J connectivity index is 0. The van der Waals surface area contributed by atoms with Crippen LogP contribution in [0, 0.1) is 0 Å². The van der Waals surface area contributed by atoms with Crippen LogP contribution in [0.2, 0.25) is 0 Å². The monoisotopic (exact) mass is 646 g/mol. The predicted molar refractivity (Wildman–Crippen MR) is 200 cm³/mol. The molecule has 2 N–H and O–H groups in total. The van der Waals surface area contributed by atoms with E-state index in [-0.39, 0.29) is 11.7 Å².